The number of amides is 1. The standard InChI is InChI=1S/C19H15F3N4O5/c1-25-17(19(20,21)22)10-16(24-25)18(27)23-11-7-12(26(28)29)9-15(8-11)31-14-5-3-13(30-2)4-6-14/h3-10H,1-2H3,(H,23,27). The van der Waals surface area contributed by atoms with Gasteiger partial charge in [0.15, 0.2) is 5.69 Å². The van der Waals surface area contributed by atoms with Crippen molar-refractivity contribution in [1.82, 2.24) is 9.78 Å². The van der Waals surface area contributed by atoms with E-state index < -0.39 is 34.1 Å². The van der Waals surface area contributed by atoms with Gasteiger partial charge in [0.05, 0.1) is 23.8 Å². The minimum absolute atomic E-state index is 0.0340. The average Bonchev–Trinajstić information content (AvgIpc) is 3.11. The molecule has 162 valence electrons. The van der Waals surface area contributed by atoms with Crippen LogP contribution in [0.3, 0.4) is 0 Å². The van der Waals surface area contributed by atoms with E-state index in [0.717, 1.165) is 19.2 Å². The number of nitro benzene ring substituents is 1. The van der Waals surface area contributed by atoms with Crippen LogP contribution in [0.1, 0.15) is 16.2 Å². The van der Waals surface area contributed by atoms with Gasteiger partial charge in [-0.05, 0) is 24.3 Å². The Bertz CT molecular complexity index is 1130. The van der Waals surface area contributed by atoms with Crippen molar-refractivity contribution in [2.24, 2.45) is 7.05 Å². The molecular weight excluding hydrogens is 421 g/mol. The molecule has 0 bridgehead atoms. The fourth-order valence-corrected chi connectivity index (χ4v) is 2.64. The summed E-state index contributed by atoms with van der Waals surface area (Å²) in [5.41, 5.74) is -2.06. The molecule has 1 heterocycles. The van der Waals surface area contributed by atoms with Crippen molar-refractivity contribution >= 4 is 17.3 Å². The molecule has 1 amide bonds. The van der Waals surface area contributed by atoms with Gasteiger partial charge < -0.3 is 14.8 Å². The molecule has 9 nitrogen and oxygen atoms in total. The van der Waals surface area contributed by atoms with E-state index in [0.29, 0.717) is 22.2 Å². The van der Waals surface area contributed by atoms with Crippen molar-refractivity contribution < 1.29 is 32.4 Å². The first-order chi connectivity index (χ1) is 14.6. The van der Waals surface area contributed by atoms with Gasteiger partial charge in [0.2, 0.25) is 0 Å². The number of nitrogens with zero attached hydrogens (tertiary/aromatic N) is 3. The minimum atomic E-state index is -4.69. The molecule has 0 atom stereocenters. The second-order valence-corrected chi connectivity index (χ2v) is 6.24. The third-order valence-corrected chi connectivity index (χ3v) is 4.06. The number of aromatic nitrogens is 2. The predicted octanol–water partition coefficient (Wildman–Crippen LogP) is 4.40. The number of hydrogen-bond acceptors (Lipinski definition) is 6. The average molecular weight is 436 g/mol. The van der Waals surface area contributed by atoms with Gasteiger partial charge in [-0.2, -0.15) is 18.3 Å². The summed E-state index contributed by atoms with van der Waals surface area (Å²) >= 11 is 0. The Labute approximate surface area is 173 Å². The zero-order valence-electron chi connectivity index (χ0n) is 16.1. The molecule has 12 heteroatoms. The lowest BCUT2D eigenvalue weighted by molar-refractivity contribution is -0.384. The van der Waals surface area contributed by atoms with Crippen LogP contribution in [-0.4, -0.2) is 27.7 Å². The monoisotopic (exact) mass is 436 g/mol. The second-order valence-electron chi connectivity index (χ2n) is 6.24. The van der Waals surface area contributed by atoms with E-state index in [1.165, 1.54) is 13.2 Å². The number of carbonyl (C=O) groups excluding carboxylic acids is 1. The number of carbonyl (C=O) groups is 1. The van der Waals surface area contributed by atoms with Crippen LogP contribution in [0.5, 0.6) is 17.2 Å². The number of halogens is 3. The van der Waals surface area contributed by atoms with E-state index in [2.05, 4.69) is 10.4 Å². The molecule has 3 rings (SSSR count). The quantitative estimate of drug-likeness (QED) is 0.453. The fourth-order valence-electron chi connectivity index (χ4n) is 2.64. The highest BCUT2D eigenvalue weighted by Crippen LogP contribution is 2.32. The number of rotatable bonds is 6. The van der Waals surface area contributed by atoms with Crippen LogP contribution in [0.25, 0.3) is 0 Å². The lowest BCUT2D eigenvalue weighted by atomic mass is 10.2. The van der Waals surface area contributed by atoms with E-state index in [9.17, 15) is 28.1 Å². The summed E-state index contributed by atoms with van der Waals surface area (Å²) in [6.45, 7) is 0. The first-order valence-corrected chi connectivity index (χ1v) is 8.61. The van der Waals surface area contributed by atoms with Crippen molar-refractivity contribution in [3.8, 4) is 17.2 Å². The number of nitro groups is 1. The number of benzene rings is 2. The van der Waals surface area contributed by atoms with Gasteiger partial charge >= 0.3 is 6.18 Å². The van der Waals surface area contributed by atoms with Gasteiger partial charge in [-0.25, -0.2) is 0 Å². The number of aryl methyl sites for hydroxylation is 1. The zero-order chi connectivity index (χ0) is 22.8. The molecular formula is C19H15F3N4O5. The maximum atomic E-state index is 12.9. The number of nitrogens with one attached hydrogen (secondary N) is 1. The van der Waals surface area contributed by atoms with Crippen molar-refractivity contribution in [3.05, 3.63) is 70.0 Å². The van der Waals surface area contributed by atoms with Gasteiger partial charge in [-0.3, -0.25) is 19.6 Å². The Balaban J connectivity index is 1.86. The van der Waals surface area contributed by atoms with Crippen LogP contribution in [0, 0.1) is 10.1 Å². The van der Waals surface area contributed by atoms with Crippen LogP contribution in [0.4, 0.5) is 24.5 Å². The highest BCUT2D eigenvalue weighted by molar-refractivity contribution is 6.03. The van der Waals surface area contributed by atoms with Crippen molar-refractivity contribution in [3.63, 3.8) is 0 Å². The molecule has 0 fully saturated rings. The summed E-state index contributed by atoms with van der Waals surface area (Å²) in [6, 6.07) is 10.5. The Kier molecular flexibility index (Phi) is 5.81. The maximum Gasteiger partial charge on any atom is 0.433 e. The summed E-state index contributed by atoms with van der Waals surface area (Å²) in [4.78, 5) is 22.9. The molecule has 2 aromatic carbocycles. The number of alkyl halides is 3. The van der Waals surface area contributed by atoms with E-state index in [4.69, 9.17) is 9.47 Å². The molecule has 1 aromatic heterocycles. The summed E-state index contributed by atoms with van der Waals surface area (Å²) in [7, 11) is 2.54. The van der Waals surface area contributed by atoms with Gasteiger partial charge in [0.1, 0.15) is 22.9 Å². The Hall–Kier alpha value is -4.09. The minimum Gasteiger partial charge on any atom is -0.497 e. The molecule has 1 N–H and O–H groups in total. The molecule has 0 spiro atoms. The number of anilines is 1. The van der Waals surface area contributed by atoms with Gasteiger partial charge in [-0.1, -0.05) is 0 Å². The van der Waals surface area contributed by atoms with Crippen molar-refractivity contribution in [1.29, 1.82) is 0 Å². The first-order valence-electron chi connectivity index (χ1n) is 8.61. The van der Waals surface area contributed by atoms with Crippen molar-refractivity contribution in [2.45, 2.75) is 6.18 Å². The summed E-state index contributed by atoms with van der Waals surface area (Å²) < 4.78 is 49.9. The summed E-state index contributed by atoms with van der Waals surface area (Å²) in [5, 5.41) is 17.1. The van der Waals surface area contributed by atoms with Gasteiger partial charge in [0, 0.05) is 25.2 Å². The van der Waals surface area contributed by atoms with Crippen LogP contribution < -0.4 is 14.8 Å². The number of ether oxygens (including phenoxy) is 2. The number of non-ortho nitro benzene ring substituents is 1. The molecule has 0 unspecified atom stereocenters. The Morgan fingerprint density at radius 1 is 1.10 bits per heavy atom. The molecule has 31 heavy (non-hydrogen) atoms. The predicted molar refractivity (Wildman–Crippen MR) is 102 cm³/mol. The van der Waals surface area contributed by atoms with Crippen LogP contribution in [0.15, 0.2) is 48.5 Å². The zero-order valence-corrected chi connectivity index (χ0v) is 16.1. The van der Waals surface area contributed by atoms with Gasteiger partial charge in [0.25, 0.3) is 11.6 Å². The third-order valence-electron chi connectivity index (χ3n) is 4.06. The molecule has 0 saturated heterocycles. The second kappa shape index (κ2) is 8.34. The summed E-state index contributed by atoms with van der Waals surface area (Å²) in [5.74, 6) is -0.0142. The molecule has 3 aromatic rings. The SMILES string of the molecule is COc1ccc(Oc2cc(NC(=O)c3cc(C(F)(F)F)n(C)n3)cc([N+](=O)[O-])c2)cc1. The van der Waals surface area contributed by atoms with Crippen LogP contribution in [0.2, 0.25) is 0 Å². The first kappa shape index (κ1) is 21.6. The lowest BCUT2D eigenvalue weighted by Gasteiger charge is -2.09. The summed E-state index contributed by atoms with van der Waals surface area (Å²) in [6.07, 6.45) is -4.69. The smallest absolute Gasteiger partial charge is 0.433 e. The molecule has 0 saturated carbocycles. The van der Waals surface area contributed by atoms with E-state index in [1.54, 1.807) is 24.3 Å². The van der Waals surface area contributed by atoms with Crippen molar-refractivity contribution in [2.75, 3.05) is 12.4 Å². The Morgan fingerprint density at radius 2 is 1.74 bits per heavy atom. The van der Waals surface area contributed by atoms with Crippen LogP contribution in [-0.2, 0) is 13.2 Å². The topological polar surface area (TPSA) is 109 Å². The molecule has 0 radical (unpaired) electrons. The van der Waals surface area contributed by atoms with E-state index in [-0.39, 0.29) is 11.4 Å². The third kappa shape index (κ3) is 5.10. The number of methoxy groups -OCH3 is 1. The highest BCUT2D eigenvalue weighted by atomic mass is 19.4. The van der Waals surface area contributed by atoms with Gasteiger partial charge in [-0.15, -0.1) is 0 Å². The Morgan fingerprint density at radius 3 is 2.29 bits per heavy atom. The highest BCUT2D eigenvalue weighted by Gasteiger charge is 2.35. The maximum absolute atomic E-state index is 12.9. The largest absolute Gasteiger partial charge is 0.497 e. The lowest BCUT2D eigenvalue weighted by Crippen LogP contribution is -2.13. The van der Waals surface area contributed by atoms with E-state index >= 15 is 0 Å². The molecule has 0 aliphatic carbocycles. The normalized spacial score (nSPS) is 11.1. The van der Waals surface area contributed by atoms with E-state index in [1.807, 2.05) is 0 Å². The molecule has 0 aliphatic heterocycles. The van der Waals surface area contributed by atoms with Crippen LogP contribution >= 0.6 is 0 Å². The fraction of sp³-hybridized carbons (Fsp3) is 0.158. The molecule has 0 aliphatic rings. The number of hydrogen-bond donors (Lipinski definition) is 1.